The molecule has 1 saturated carbocycles. The lowest BCUT2D eigenvalue weighted by Crippen LogP contribution is -2.48. The fraction of sp³-hybridized carbons (Fsp3) is 0.684. The molecule has 1 fully saturated rings. The maximum absolute atomic E-state index is 10.2. The largest absolute Gasteiger partial charge is 0.389 e. The molecule has 4 rings (SSSR count). The van der Waals surface area contributed by atoms with Crippen molar-refractivity contribution in [3.8, 4) is 0 Å². The first-order valence-electron chi connectivity index (χ1n) is 8.62. The predicted molar refractivity (Wildman–Crippen MR) is 95.6 cm³/mol. The molecule has 1 heterocycles. The summed E-state index contributed by atoms with van der Waals surface area (Å²) in [5.41, 5.74) is 1.91. The Morgan fingerprint density at radius 3 is 2.96 bits per heavy atom. The van der Waals surface area contributed by atoms with E-state index in [0.717, 1.165) is 12.5 Å². The molecule has 0 spiro atoms. The van der Waals surface area contributed by atoms with Crippen molar-refractivity contribution in [3.63, 3.8) is 0 Å². The quantitative estimate of drug-likeness (QED) is 0.738. The first-order chi connectivity index (χ1) is 11.0. The highest BCUT2D eigenvalue weighted by Gasteiger charge is 2.50. The van der Waals surface area contributed by atoms with E-state index in [1.807, 2.05) is 7.05 Å². The molecule has 0 unspecified atom stereocenters. The second kappa shape index (κ2) is 7.06. The molecular weight excluding hydrogens is 306 g/mol. The summed E-state index contributed by atoms with van der Waals surface area (Å²) in [7, 11) is 2.05. The number of ether oxygens (including phenoxy) is 1. The van der Waals surface area contributed by atoms with E-state index >= 15 is 0 Å². The fourth-order valence-electron chi connectivity index (χ4n) is 4.10. The topological polar surface area (TPSA) is 32.7 Å². The molecule has 3 aliphatic carbocycles. The molecule has 0 amide bonds. The summed E-state index contributed by atoms with van der Waals surface area (Å²) in [6.07, 6.45) is 4.48. The van der Waals surface area contributed by atoms with Gasteiger partial charge in [-0.05, 0) is 54.2 Å². The van der Waals surface area contributed by atoms with Gasteiger partial charge in [0.25, 0.3) is 0 Å². The van der Waals surface area contributed by atoms with Gasteiger partial charge >= 0.3 is 0 Å². The summed E-state index contributed by atoms with van der Waals surface area (Å²) in [5, 5.41) is 12.3. The lowest BCUT2D eigenvalue weighted by molar-refractivity contribution is -0.0257. The van der Waals surface area contributed by atoms with Crippen LogP contribution in [0.3, 0.4) is 0 Å². The molecule has 3 aliphatic rings. The minimum absolute atomic E-state index is 0.419. The van der Waals surface area contributed by atoms with Gasteiger partial charge in [0.15, 0.2) is 0 Å². The van der Waals surface area contributed by atoms with Crippen LogP contribution in [0, 0.1) is 17.3 Å². The number of aliphatic hydroxyl groups excluding tert-OH is 1. The molecule has 0 saturated heterocycles. The van der Waals surface area contributed by atoms with Crippen molar-refractivity contribution >= 4 is 11.3 Å². The van der Waals surface area contributed by atoms with Gasteiger partial charge < -0.3 is 9.84 Å². The number of thiophene rings is 1. The molecular formula is C19H29NO2S. The normalized spacial score (nSPS) is 26.7. The molecule has 1 aromatic rings. The summed E-state index contributed by atoms with van der Waals surface area (Å²) >= 11 is 1.76. The first-order valence-corrected chi connectivity index (χ1v) is 9.50. The van der Waals surface area contributed by atoms with Crippen LogP contribution >= 0.6 is 11.3 Å². The Hall–Kier alpha value is -0.680. The van der Waals surface area contributed by atoms with Gasteiger partial charge in [0.1, 0.15) is 0 Å². The highest BCUT2D eigenvalue weighted by atomic mass is 32.1. The van der Waals surface area contributed by atoms with Gasteiger partial charge in [-0.2, -0.15) is 0 Å². The SMILES string of the molecule is CN(Cc1cccs1)C[C@@H](O)COCC1=CC[C@@H]2C[C@H]1C2(C)C. The smallest absolute Gasteiger partial charge is 0.0900 e. The minimum atomic E-state index is -0.425. The third-order valence-electron chi connectivity index (χ3n) is 5.69. The molecule has 2 bridgehead atoms. The second-order valence-electron chi connectivity index (χ2n) is 7.77. The highest BCUT2D eigenvalue weighted by Crippen LogP contribution is 2.59. The van der Waals surface area contributed by atoms with Crippen molar-refractivity contribution in [1.82, 2.24) is 4.90 Å². The molecule has 1 aromatic heterocycles. The van der Waals surface area contributed by atoms with Crippen molar-refractivity contribution in [2.45, 2.75) is 39.3 Å². The van der Waals surface area contributed by atoms with Crippen LogP contribution in [0.25, 0.3) is 0 Å². The maximum atomic E-state index is 10.2. The van der Waals surface area contributed by atoms with Crippen molar-refractivity contribution in [3.05, 3.63) is 34.0 Å². The number of hydrogen-bond donors (Lipinski definition) is 1. The molecule has 23 heavy (non-hydrogen) atoms. The Kier molecular flexibility index (Phi) is 5.26. The number of nitrogens with zero attached hydrogens (tertiary/aromatic N) is 1. The number of likely N-dealkylation sites (N-methyl/N-ethyl adjacent to an activating group) is 1. The van der Waals surface area contributed by atoms with Crippen LogP contribution in [0.2, 0.25) is 0 Å². The zero-order valence-corrected chi connectivity index (χ0v) is 15.3. The van der Waals surface area contributed by atoms with Crippen LogP contribution in [0.1, 0.15) is 31.6 Å². The summed E-state index contributed by atoms with van der Waals surface area (Å²) in [5.74, 6) is 1.56. The number of rotatable bonds is 8. The van der Waals surface area contributed by atoms with Crippen LogP contribution in [-0.4, -0.2) is 42.9 Å². The van der Waals surface area contributed by atoms with Crippen LogP contribution in [0.15, 0.2) is 29.2 Å². The predicted octanol–water partition coefficient (Wildman–Crippen LogP) is 3.55. The van der Waals surface area contributed by atoms with Gasteiger partial charge in [-0.25, -0.2) is 0 Å². The lowest BCUT2D eigenvalue weighted by atomic mass is 9.49. The Labute approximate surface area is 144 Å². The average molecular weight is 336 g/mol. The average Bonchev–Trinajstić information content (AvgIpc) is 2.99. The van der Waals surface area contributed by atoms with Crippen molar-refractivity contribution in [2.24, 2.45) is 17.3 Å². The van der Waals surface area contributed by atoms with E-state index in [4.69, 9.17) is 4.74 Å². The molecule has 3 atom stereocenters. The Bertz CT molecular complexity index is 538. The molecule has 3 nitrogen and oxygen atoms in total. The molecule has 4 heteroatoms. The lowest BCUT2D eigenvalue weighted by Gasteiger charge is -2.56. The van der Waals surface area contributed by atoms with E-state index in [-0.39, 0.29) is 0 Å². The van der Waals surface area contributed by atoms with Gasteiger partial charge in [-0.15, -0.1) is 11.3 Å². The van der Waals surface area contributed by atoms with E-state index in [0.29, 0.717) is 31.1 Å². The molecule has 0 aromatic carbocycles. The minimum Gasteiger partial charge on any atom is -0.389 e. The van der Waals surface area contributed by atoms with Crippen LogP contribution in [-0.2, 0) is 11.3 Å². The van der Waals surface area contributed by atoms with E-state index < -0.39 is 6.10 Å². The number of hydrogen-bond acceptors (Lipinski definition) is 4. The third kappa shape index (κ3) is 3.87. The summed E-state index contributed by atoms with van der Waals surface area (Å²) in [6.45, 7) is 7.40. The second-order valence-corrected chi connectivity index (χ2v) is 8.80. The number of allylic oxidation sites excluding steroid dienone is 1. The maximum Gasteiger partial charge on any atom is 0.0900 e. The first kappa shape index (κ1) is 17.2. The molecule has 0 radical (unpaired) electrons. The summed E-state index contributed by atoms with van der Waals surface area (Å²) in [4.78, 5) is 3.48. The van der Waals surface area contributed by atoms with E-state index in [1.165, 1.54) is 23.3 Å². The van der Waals surface area contributed by atoms with Crippen molar-refractivity contribution < 1.29 is 9.84 Å². The zero-order chi connectivity index (χ0) is 16.4. The van der Waals surface area contributed by atoms with Crippen molar-refractivity contribution in [1.29, 1.82) is 0 Å². The van der Waals surface area contributed by atoms with E-state index in [9.17, 15) is 5.11 Å². The number of fused-ring (bicyclic) bond motifs is 1. The van der Waals surface area contributed by atoms with Gasteiger partial charge in [0, 0.05) is 18.0 Å². The highest BCUT2D eigenvalue weighted by molar-refractivity contribution is 7.09. The van der Waals surface area contributed by atoms with Crippen LogP contribution in [0.5, 0.6) is 0 Å². The van der Waals surface area contributed by atoms with Crippen LogP contribution in [0.4, 0.5) is 0 Å². The van der Waals surface area contributed by atoms with Gasteiger partial charge in [-0.1, -0.05) is 26.0 Å². The van der Waals surface area contributed by atoms with Gasteiger partial charge in [-0.3, -0.25) is 4.90 Å². The van der Waals surface area contributed by atoms with Gasteiger partial charge in [0.2, 0.25) is 0 Å². The van der Waals surface area contributed by atoms with Gasteiger partial charge in [0.05, 0.1) is 19.3 Å². The monoisotopic (exact) mass is 335 g/mol. The Morgan fingerprint density at radius 1 is 1.48 bits per heavy atom. The molecule has 128 valence electrons. The van der Waals surface area contributed by atoms with E-state index in [2.05, 4.69) is 42.3 Å². The van der Waals surface area contributed by atoms with Crippen molar-refractivity contribution in [2.75, 3.05) is 26.8 Å². The molecule has 0 aliphatic heterocycles. The fourth-order valence-corrected chi connectivity index (χ4v) is 4.88. The van der Waals surface area contributed by atoms with E-state index in [1.54, 1.807) is 11.3 Å². The molecule has 1 N–H and O–H groups in total. The summed E-state index contributed by atoms with van der Waals surface area (Å²) < 4.78 is 5.82. The Morgan fingerprint density at radius 2 is 2.30 bits per heavy atom. The summed E-state index contributed by atoms with van der Waals surface area (Å²) in [6, 6.07) is 4.20. The third-order valence-corrected chi connectivity index (χ3v) is 6.55. The Balaban J connectivity index is 1.36. The standard InChI is InChI=1S/C19H29NO2S/c1-19(2)15-7-6-14(18(19)9-15)12-22-13-16(21)10-20(3)11-17-5-4-8-23-17/h4-6,8,15-16,18,21H,7,9-13H2,1-3H3/t15-,16-,18-/m1/s1. The zero-order valence-electron chi connectivity index (χ0n) is 14.5. The number of aliphatic hydroxyl groups is 1. The van der Waals surface area contributed by atoms with Crippen LogP contribution < -0.4 is 0 Å².